The number of nitrogens with one attached hydrogen (secondary N) is 1. The van der Waals surface area contributed by atoms with Gasteiger partial charge in [-0.2, -0.15) is 0 Å². The van der Waals surface area contributed by atoms with Crippen LogP contribution in [-0.2, 0) is 4.79 Å². The minimum absolute atomic E-state index is 0.134. The summed E-state index contributed by atoms with van der Waals surface area (Å²) >= 11 is 0. The van der Waals surface area contributed by atoms with Gasteiger partial charge in [0.15, 0.2) is 0 Å². The van der Waals surface area contributed by atoms with E-state index >= 15 is 0 Å². The maximum Gasteiger partial charge on any atom is 0.227 e. The Balaban J connectivity index is 1.35. The number of piperidine rings is 1. The number of aromatic nitrogens is 2. The number of hydrogen-bond acceptors (Lipinski definition) is 4. The van der Waals surface area contributed by atoms with Gasteiger partial charge < -0.3 is 10.2 Å². The van der Waals surface area contributed by atoms with Crippen LogP contribution in [0.25, 0.3) is 11.1 Å². The molecule has 5 nitrogen and oxygen atoms in total. The minimum atomic E-state index is -0.716. The van der Waals surface area contributed by atoms with E-state index in [1.807, 2.05) is 35.2 Å². The smallest absolute Gasteiger partial charge is 0.227 e. The zero-order valence-electron chi connectivity index (χ0n) is 15.7. The molecule has 2 aromatic carbocycles. The number of halogens is 2. The lowest BCUT2D eigenvalue weighted by Crippen LogP contribution is -2.39. The molecule has 1 aromatic heterocycles. The molecule has 1 fully saturated rings. The van der Waals surface area contributed by atoms with Crippen molar-refractivity contribution in [3.05, 3.63) is 72.6 Å². The summed E-state index contributed by atoms with van der Waals surface area (Å²) in [5, 5.41) is 2.60. The van der Waals surface area contributed by atoms with Gasteiger partial charge in [-0.3, -0.25) is 4.79 Å². The number of anilines is 2. The first-order valence-electron chi connectivity index (χ1n) is 9.48. The van der Waals surface area contributed by atoms with Crippen LogP contribution in [0.2, 0.25) is 0 Å². The minimum Gasteiger partial charge on any atom is -0.341 e. The molecule has 0 saturated carbocycles. The summed E-state index contributed by atoms with van der Waals surface area (Å²) in [6.45, 7) is 1.28. The fraction of sp³-hybridized carbons (Fsp3) is 0.227. The second kappa shape index (κ2) is 8.34. The van der Waals surface area contributed by atoms with Gasteiger partial charge in [-0.15, -0.1) is 0 Å². The molecule has 0 unspecified atom stereocenters. The highest BCUT2D eigenvalue weighted by molar-refractivity contribution is 5.92. The summed E-state index contributed by atoms with van der Waals surface area (Å²) in [6, 6.07) is 12.9. The van der Waals surface area contributed by atoms with Crippen molar-refractivity contribution in [3.8, 4) is 11.1 Å². The van der Waals surface area contributed by atoms with Crippen molar-refractivity contribution in [2.75, 3.05) is 23.3 Å². The lowest BCUT2D eigenvalue weighted by atomic mass is 9.96. The van der Waals surface area contributed by atoms with E-state index in [-0.39, 0.29) is 17.5 Å². The average Bonchev–Trinajstić information content (AvgIpc) is 2.74. The predicted molar refractivity (Wildman–Crippen MR) is 107 cm³/mol. The van der Waals surface area contributed by atoms with Crippen LogP contribution in [0.1, 0.15) is 12.8 Å². The van der Waals surface area contributed by atoms with E-state index in [2.05, 4.69) is 15.3 Å². The van der Waals surface area contributed by atoms with Crippen molar-refractivity contribution >= 4 is 17.5 Å². The summed E-state index contributed by atoms with van der Waals surface area (Å²) in [5.74, 6) is -1.25. The molecule has 0 spiro atoms. The zero-order valence-corrected chi connectivity index (χ0v) is 15.7. The highest BCUT2D eigenvalue weighted by Gasteiger charge is 2.26. The quantitative estimate of drug-likeness (QED) is 0.718. The molecule has 0 atom stereocenters. The second-order valence-electron chi connectivity index (χ2n) is 7.05. The maximum absolute atomic E-state index is 13.3. The van der Waals surface area contributed by atoms with Crippen LogP contribution in [0.5, 0.6) is 0 Å². The zero-order chi connectivity index (χ0) is 20.2. The Morgan fingerprint density at radius 1 is 0.931 bits per heavy atom. The van der Waals surface area contributed by atoms with E-state index in [1.165, 1.54) is 0 Å². The Hall–Kier alpha value is -3.35. The largest absolute Gasteiger partial charge is 0.341 e. The Morgan fingerprint density at radius 3 is 2.17 bits per heavy atom. The number of rotatable bonds is 4. The third-order valence-corrected chi connectivity index (χ3v) is 5.02. The van der Waals surface area contributed by atoms with Gasteiger partial charge in [0, 0.05) is 48.7 Å². The molecule has 0 aliphatic carbocycles. The Morgan fingerprint density at radius 2 is 1.55 bits per heavy atom. The van der Waals surface area contributed by atoms with Crippen LogP contribution >= 0.6 is 0 Å². The molecule has 7 heteroatoms. The van der Waals surface area contributed by atoms with E-state index in [0.717, 1.165) is 29.3 Å². The highest BCUT2D eigenvalue weighted by Crippen LogP contribution is 2.24. The van der Waals surface area contributed by atoms with E-state index < -0.39 is 11.6 Å². The topological polar surface area (TPSA) is 58.1 Å². The van der Waals surface area contributed by atoms with Gasteiger partial charge in [0.05, 0.1) is 0 Å². The standard InChI is InChI=1S/C22H20F2N4O/c23-18-10-19(24)12-20(11-18)27-21(29)16-6-8-28(9-7-16)22-25-13-17(14-26-22)15-4-2-1-3-5-15/h1-5,10-14,16H,6-9H2,(H,27,29). The van der Waals surface area contributed by atoms with Crippen molar-refractivity contribution in [2.45, 2.75) is 12.8 Å². The van der Waals surface area contributed by atoms with Crippen LogP contribution < -0.4 is 10.2 Å². The first kappa shape index (κ1) is 19.0. The third kappa shape index (κ3) is 4.56. The van der Waals surface area contributed by atoms with E-state index in [4.69, 9.17) is 0 Å². The van der Waals surface area contributed by atoms with E-state index in [9.17, 15) is 13.6 Å². The van der Waals surface area contributed by atoms with Gasteiger partial charge in [-0.25, -0.2) is 18.7 Å². The molecule has 1 saturated heterocycles. The Labute approximate surface area is 167 Å². The van der Waals surface area contributed by atoms with Gasteiger partial charge in [0.2, 0.25) is 11.9 Å². The first-order chi connectivity index (χ1) is 14.1. The van der Waals surface area contributed by atoms with Crippen LogP contribution in [0, 0.1) is 17.6 Å². The number of nitrogens with zero attached hydrogens (tertiary/aromatic N) is 3. The number of carbonyl (C=O) groups is 1. The molecule has 148 valence electrons. The van der Waals surface area contributed by atoms with Crippen LogP contribution in [-0.4, -0.2) is 29.0 Å². The summed E-state index contributed by atoms with van der Waals surface area (Å²) in [7, 11) is 0. The second-order valence-corrected chi connectivity index (χ2v) is 7.05. The summed E-state index contributed by atoms with van der Waals surface area (Å²) in [4.78, 5) is 23.4. The Kier molecular flexibility index (Phi) is 5.46. The normalized spacial score (nSPS) is 14.6. The van der Waals surface area contributed by atoms with E-state index in [0.29, 0.717) is 31.9 Å². The number of benzene rings is 2. The fourth-order valence-corrected chi connectivity index (χ4v) is 3.48. The molecule has 0 bridgehead atoms. The van der Waals surface area contributed by atoms with Crippen molar-refractivity contribution in [3.63, 3.8) is 0 Å². The van der Waals surface area contributed by atoms with Crippen molar-refractivity contribution in [2.24, 2.45) is 5.92 Å². The van der Waals surface area contributed by atoms with Crippen molar-refractivity contribution in [1.29, 1.82) is 0 Å². The third-order valence-electron chi connectivity index (χ3n) is 5.02. The number of amides is 1. The van der Waals surface area contributed by atoms with Crippen LogP contribution in [0.15, 0.2) is 60.9 Å². The van der Waals surface area contributed by atoms with Gasteiger partial charge in [0.25, 0.3) is 0 Å². The summed E-state index contributed by atoms with van der Waals surface area (Å²) in [6.07, 6.45) is 4.84. The lowest BCUT2D eigenvalue weighted by Gasteiger charge is -2.31. The molecular weight excluding hydrogens is 374 g/mol. The molecule has 3 aromatic rings. The van der Waals surface area contributed by atoms with Crippen LogP contribution in [0.3, 0.4) is 0 Å². The number of hydrogen-bond donors (Lipinski definition) is 1. The first-order valence-corrected chi connectivity index (χ1v) is 9.48. The fourth-order valence-electron chi connectivity index (χ4n) is 3.48. The van der Waals surface area contributed by atoms with Crippen molar-refractivity contribution < 1.29 is 13.6 Å². The number of carbonyl (C=O) groups excluding carboxylic acids is 1. The van der Waals surface area contributed by atoms with Crippen molar-refractivity contribution in [1.82, 2.24) is 9.97 Å². The van der Waals surface area contributed by atoms with E-state index in [1.54, 1.807) is 12.4 Å². The molecule has 4 rings (SSSR count). The summed E-state index contributed by atoms with van der Waals surface area (Å²) < 4.78 is 26.6. The molecule has 2 heterocycles. The summed E-state index contributed by atoms with van der Waals surface area (Å²) in [5.41, 5.74) is 2.14. The van der Waals surface area contributed by atoms with Crippen LogP contribution in [0.4, 0.5) is 20.4 Å². The molecule has 1 aliphatic rings. The molecule has 1 aliphatic heterocycles. The van der Waals surface area contributed by atoms with Gasteiger partial charge >= 0.3 is 0 Å². The monoisotopic (exact) mass is 394 g/mol. The van der Waals surface area contributed by atoms with Gasteiger partial charge in [-0.1, -0.05) is 30.3 Å². The SMILES string of the molecule is O=C(Nc1cc(F)cc(F)c1)C1CCN(c2ncc(-c3ccccc3)cn2)CC1. The van der Waals surface area contributed by atoms with Gasteiger partial charge in [-0.05, 0) is 30.5 Å². The maximum atomic E-state index is 13.3. The highest BCUT2D eigenvalue weighted by atomic mass is 19.1. The van der Waals surface area contributed by atoms with Gasteiger partial charge in [0.1, 0.15) is 11.6 Å². The molecule has 1 N–H and O–H groups in total. The Bertz CT molecular complexity index is 967. The molecular formula is C22H20F2N4O. The average molecular weight is 394 g/mol. The molecule has 29 heavy (non-hydrogen) atoms. The molecule has 1 amide bonds. The lowest BCUT2D eigenvalue weighted by molar-refractivity contribution is -0.120. The predicted octanol–water partition coefficient (Wildman–Crippen LogP) is 4.28. The molecule has 0 radical (unpaired) electrons.